The van der Waals surface area contributed by atoms with E-state index in [9.17, 15) is 9.59 Å². The second-order valence-electron chi connectivity index (χ2n) is 8.17. The maximum Gasteiger partial charge on any atom is 0.222 e. The van der Waals surface area contributed by atoms with Crippen LogP contribution in [0.4, 0.5) is 0 Å². The van der Waals surface area contributed by atoms with Gasteiger partial charge in [0.25, 0.3) is 0 Å². The lowest BCUT2D eigenvalue weighted by Gasteiger charge is -2.47. The van der Waals surface area contributed by atoms with Crippen molar-refractivity contribution in [1.29, 1.82) is 0 Å². The topological polar surface area (TPSA) is 71.5 Å². The highest BCUT2D eigenvalue weighted by Gasteiger charge is 2.44. The highest BCUT2D eigenvalue weighted by Crippen LogP contribution is 2.43. The molecule has 3 heterocycles. The van der Waals surface area contributed by atoms with E-state index in [0.717, 1.165) is 24.8 Å². The first-order valence-electron chi connectivity index (χ1n) is 10.8. The van der Waals surface area contributed by atoms with Gasteiger partial charge in [-0.05, 0) is 42.0 Å². The molecule has 1 N–H and O–H groups in total. The number of nitrogens with one attached hydrogen (secondary N) is 1. The smallest absolute Gasteiger partial charge is 0.222 e. The van der Waals surface area contributed by atoms with Crippen LogP contribution in [0, 0.1) is 0 Å². The van der Waals surface area contributed by atoms with Crippen LogP contribution in [-0.4, -0.2) is 40.9 Å². The molecule has 2 aliphatic rings. The van der Waals surface area contributed by atoms with Crippen LogP contribution >= 0.6 is 0 Å². The summed E-state index contributed by atoms with van der Waals surface area (Å²) in [6, 6.07) is 12.2. The van der Waals surface area contributed by atoms with E-state index in [-0.39, 0.29) is 17.9 Å². The molecule has 1 atom stereocenters. The minimum atomic E-state index is -0.409. The number of pyridine rings is 1. The minimum Gasteiger partial charge on any atom is -0.366 e. The van der Waals surface area contributed by atoms with E-state index in [2.05, 4.69) is 28.5 Å². The van der Waals surface area contributed by atoms with Crippen molar-refractivity contribution < 1.29 is 14.3 Å². The summed E-state index contributed by atoms with van der Waals surface area (Å²) < 4.78 is 6.61. The minimum absolute atomic E-state index is 0.0167. The molecular formula is C24H29N3O3. The molecule has 6 nitrogen and oxygen atoms in total. The second kappa shape index (κ2) is 8.96. The lowest BCUT2D eigenvalue weighted by molar-refractivity contribution is -0.156. The first-order valence-corrected chi connectivity index (χ1v) is 10.8. The zero-order valence-corrected chi connectivity index (χ0v) is 17.5. The highest BCUT2D eigenvalue weighted by molar-refractivity contribution is 5.76. The van der Waals surface area contributed by atoms with Crippen LogP contribution in [-0.2, 0) is 32.9 Å². The Bertz CT molecular complexity index is 892. The Hall–Kier alpha value is -2.73. The predicted octanol–water partition coefficient (Wildman–Crippen LogP) is 2.96. The normalized spacial score (nSPS) is 19.9. The Kier molecular flexibility index (Phi) is 6.13. The molecule has 0 bridgehead atoms. The van der Waals surface area contributed by atoms with Crippen LogP contribution in [0.3, 0.4) is 0 Å². The lowest BCUT2D eigenvalue weighted by Crippen LogP contribution is -2.50. The van der Waals surface area contributed by atoms with Gasteiger partial charge in [-0.15, -0.1) is 0 Å². The van der Waals surface area contributed by atoms with Crippen molar-refractivity contribution >= 4 is 11.8 Å². The number of aromatic nitrogens is 1. The second-order valence-corrected chi connectivity index (χ2v) is 8.17. The van der Waals surface area contributed by atoms with Crippen LogP contribution in [0.5, 0.6) is 0 Å². The quantitative estimate of drug-likeness (QED) is 0.827. The van der Waals surface area contributed by atoms with Crippen molar-refractivity contribution in [2.75, 3.05) is 13.1 Å². The maximum atomic E-state index is 12.6. The van der Waals surface area contributed by atoms with Crippen molar-refractivity contribution in [1.82, 2.24) is 15.2 Å². The molecule has 0 radical (unpaired) electrons. The number of benzene rings is 1. The summed E-state index contributed by atoms with van der Waals surface area (Å²) in [7, 11) is 0. The summed E-state index contributed by atoms with van der Waals surface area (Å²) in [4.78, 5) is 30.7. The Labute approximate surface area is 177 Å². The van der Waals surface area contributed by atoms with Crippen molar-refractivity contribution in [3.8, 4) is 0 Å². The molecule has 4 rings (SSSR count). The number of carbonyl (C=O) groups excluding carboxylic acids is 2. The van der Waals surface area contributed by atoms with Crippen LogP contribution in [0.15, 0.2) is 48.8 Å². The molecule has 1 aromatic heterocycles. The Balaban J connectivity index is 1.44. The number of hydrogen-bond acceptors (Lipinski definition) is 4. The number of nitrogens with zero attached hydrogens (tertiary/aromatic N) is 2. The first kappa shape index (κ1) is 20.5. The van der Waals surface area contributed by atoms with E-state index in [1.165, 1.54) is 11.1 Å². The molecule has 30 heavy (non-hydrogen) atoms. The molecule has 2 aromatic rings. The van der Waals surface area contributed by atoms with Gasteiger partial charge in [0, 0.05) is 38.4 Å². The van der Waals surface area contributed by atoms with E-state index < -0.39 is 5.60 Å². The fourth-order valence-corrected chi connectivity index (χ4v) is 4.64. The monoisotopic (exact) mass is 407 g/mol. The summed E-state index contributed by atoms with van der Waals surface area (Å²) in [6.07, 6.45) is 6.44. The van der Waals surface area contributed by atoms with E-state index in [1.54, 1.807) is 12.4 Å². The number of fused-ring (bicyclic) bond motifs is 2. The molecule has 1 saturated heterocycles. The first-order chi connectivity index (χ1) is 14.6. The van der Waals surface area contributed by atoms with E-state index in [4.69, 9.17) is 4.74 Å². The van der Waals surface area contributed by atoms with Crippen LogP contribution in [0.1, 0.15) is 49.3 Å². The van der Waals surface area contributed by atoms with Crippen LogP contribution in [0.2, 0.25) is 0 Å². The van der Waals surface area contributed by atoms with Gasteiger partial charge in [0.2, 0.25) is 11.8 Å². The third kappa shape index (κ3) is 4.38. The van der Waals surface area contributed by atoms with Gasteiger partial charge in [-0.25, -0.2) is 0 Å². The van der Waals surface area contributed by atoms with Gasteiger partial charge < -0.3 is 15.0 Å². The molecule has 2 amide bonds. The zero-order chi connectivity index (χ0) is 21.0. The van der Waals surface area contributed by atoms with Crippen molar-refractivity contribution in [2.45, 2.75) is 57.3 Å². The van der Waals surface area contributed by atoms with E-state index in [1.807, 2.05) is 30.0 Å². The molecule has 1 fully saturated rings. The number of ether oxygens (including phenoxy) is 1. The number of hydrogen-bond donors (Lipinski definition) is 1. The fourth-order valence-electron chi connectivity index (χ4n) is 4.64. The summed E-state index contributed by atoms with van der Waals surface area (Å²) in [5, 5.41) is 2.98. The molecule has 1 spiro atoms. The molecule has 0 aliphatic carbocycles. The Morgan fingerprint density at radius 3 is 2.73 bits per heavy atom. The average molecular weight is 408 g/mol. The number of piperidine rings is 1. The third-order valence-electron chi connectivity index (χ3n) is 6.20. The summed E-state index contributed by atoms with van der Waals surface area (Å²) in [5.74, 6) is 0.178. The molecule has 0 saturated carbocycles. The summed E-state index contributed by atoms with van der Waals surface area (Å²) in [6.45, 7) is 3.76. The molecular weight excluding hydrogens is 378 g/mol. The SMILES string of the molecule is CCC(=O)N1CCC2(CC1)OC(CC(=O)NCc1cccnc1)Cc1ccccc12. The van der Waals surface area contributed by atoms with Crippen molar-refractivity contribution in [2.24, 2.45) is 0 Å². The fraction of sp³-hybridized carbons (Fsp3) is 0.458. The summed E-state index contributed by atoms with van der Waals surface area (Å²) in [5.41, 5.74) is 3.04. The van der Waals surface area contributed by atoms with Crippen LogP contribution < -0.4 is 5.32 Å². The maximum absolute atomic E-state index is 12.6. The standard InChI is InChI=1S/C24H29N3O3/c1-2-23(29)27-12-9-24(10-13-27)21-8-4-3-7-19(21)14-20(30-24)15-22(28)26-17-18-6-5-11-25-16-18/h3-8,11,16,20H,2,9-10,12-15,17H2,1H3,(H,26,28). The lowest BCUT2D eigenvalue weighted by atomic mass is 9.78. The third-order valence-corrected chi connectivity index (χ3v) is 6.20. The number of likely N-dealkylation sites (tertiary alicyclic amines) is 1. The number of rotatable bonds is 5. The van der Waals surface area contributed by atoms with E-state index >= 15 is 0 Å². The number of amides is 2. The van der Waals surface area contributed by atoms with E-state index in [0.29, 0.717) is 32.5 Å². The van der Waals surface area contributed by atoms with Gasteiger partial charge in [-0.2, -0.15) is 0 Å². The summed E-state index contributed by atoms with van der Waals surface area (Å²) >= 11 is 0. The highest BCUT2D eigenvalue weighted by atomic mass is 16.5. The van der Waals surface area contributed by atoms with Gasteiger partial charge in [0.05, 0.1) is 18.1 Å². The Morgan fingerprint density at radius 2 is 2.00 bits per heavy atom. The van der Waals surface area contributed by atoms with Gasteiger partial charge in [0.1, 0.15) is 0 Å². The molecule has 2 aliphatic heterocycles. The molecule has 6 heteroatoms. The largest absolute Gasteiger partial charge is 0.366 e. The van der Waals surface area contributed by atoms with Gasteiger partial charge in [-0.3, -0.25) is 14.6 Å². The van der Waals surface area contributed by atoms with Crippen molar-refractivity contribution in [3.05, 3.63) is 65.5 Å². The number of carbonyl (C=O) groups is 2. The predicted molar refractivity (Wildman–Crippen MR) is 114 cm³/mol. The van der Waals surface area contributed by atoms with Gasteiger partial charge >= 0.3 is 0 Å². The van der Waals surface area contributed by atoms with Gasteiger partial charge in [0.15, 0.2) is 0 Å². The average Bonchev–Trinajstić information content (AvgIpc) is 2.78. The molecule has 1 unspecified atom stereocenters. The van der Waals surface area contributed by atoms with Gasteiger partial charge in [-0.1, -0.05) is 37.3 Å². The molecule has 1 aromatic carbocycles. The zero-order valence-electron chi connectivity index (χ0n) is 17.5. The van der Waals surface area contributed by atoms with Crippen LogP contribution in [0.25, 0.3) is 0 Å². The Morgan fingerprint density at radius 1 is 1.20 bits per heavy atom. The van der Waals surface area contributed by atoms with Crippen molar-refractivity contribution in [3.63, 3.8) is 0 Å². The molecule has 158 valence electrons.